The molecule has 2 aromatic rings. The Morgan fingerprint density at radius 2 is 2.13 bits per heavy atom. The highest BCUT2D eigenvalue weighted by Crippen LogP contribution is 2.24. The summed E-state index contributed by atoms with van der Waals surface area (Å²) < 4.78 is 16.3. The highest BCUT2D eigenvalue weighted by molar-refractivity contribution is 5.68. The number of hydrogen-bond donors (Lipinski definition) is 0. The van der Waals surface area contributed by atoms with Crippen molar-refractivity contribution >= 4 is 18.0 Å². The van der Waals surface area contributed by atoms with Gasteiger partial charge in [-0.15, -0.1) is 0 Å². The van der Waals surface area contributed by atoms with Gasteiger partial charge in [-0.05, 0) is 23.8 Å². The van der Waals surface area contributed by atoms with Gasteiger partial charge in [0.15, 0.2) is 0 Å². The second kappa shape index (κ2) is 6.99. The zero-order valence-electron chi connectivity index (χ0n) is 12.9. The van der Waals surface area contributed by atoms with E-state index < -0.39 is 0 Å². The van der Waals surface area contributed by atoms with Gasteiger partial charge in [-0.25, -0.2) is 0 Å². The molecule has 0 amide bonds. The lowest BCUT2D eigenvalue weighted by atomic mass is 10.2. The van der Waals surface area contributed by atoms with E-state index in [1.54, 1.807) is 13.2 Å². The Kier molecular flexibility index (Phi) is 4.60. The van der Waals surface area contributed by atoms with Gasteiger partial charge < -0.3 is 18.8 Å². The average molecular weight is 311 g/mol. The highest BCUT2D eigenvalue weighted by Gasteiger charge is 2.20. The molecule has 0 unspecified atom stereocenters. The first-order valence-electron chi connectivity index (χ1n) is 7.36. The van der Waals surface area contributed by atoms with Crippen molar-refractivity contribution in [1.29, 1.82) is 5.26 Å². The average Bonchev–Trinajstić information content (AvgIpc) is 3.04. The molecular weight excluding hydrogens is 294 g/mol. The van der Waals surface area contributed by atoms with Crippen molar-refractivity contribution in [3.05, 3.63) is 41.4 Å². The van der Waals surface area contributed by atoms with E-state index >= 15 is 0 Å². The van der Waals surface area contributed by atoms with Crippen molar-refractivity contribution in [3.63, 3.8) is 0 Å². The highest BCUT2D eigenvalue weighted by atomic mass is 16.5. The molecule has 0 radical (unpaired) electrons. The predicted molar refractivity (Wildman–Crippen MR) is 86.2 cm³/mol. The molecule has 23 heavy (non-hydrogen) atoms. The molecule has 1 aliphatic heterocycles. The Balaban J connectivity index is 1.81. The van der Waals surface area contributed by atoms with Crippen LogP contribution in [0.5, 0.6) is 5.75 Å². The van der Waals surface area contributed by atoms with Crippen LogP contribution >= 0.6 is 0 Å². The van der Waals surface area contributed by atoms with Crippen molar-refractivity contribution in [2.24, 2.45) is 0 Å². The van der Waals surface area contributed by atoms with Crippen molar-refractivity contribution in [2.75, 3.05) is 38.3 Å². The molecule has 0 aliphatic carbocycles. The summed E-state index contributed by atoms with van der Waals surface area (Å²) in [5.41, 5.74) is 1.27. The van der Waals surface area contributed by atoms with Gasteiger partial charge in [0.25, 0.3) is 0 Å². The third-order valence-corrected chi connectivity index (χ3v) is 3.54. The molecule has 6 heteroatoms. The summed E-state index contributed by atoms with van der Waals surface area (Å²) in [6.45, 7) is 2.65. The van der Waals surface area contributed by atoms with Crippen molar-refractivity contribution in [3.8, 4) is 11.8 Å². The van der Waals surface area contributed by atoms with Gasteiger partial charge in [-0.3, -0.25) is 0 Å². The number of ether oxygens (including phenoxy) is 2. The lowest BCUT2D eigenvalue weighted by Gasteiger charge is -2.25. The van der Waals surface area contributed by atoms with Crippen LogP contribution in [0.1, 0.15) is 17.1 Å². The number of aromatic nitrogens is 1. The van der Waals surface area contributed by atoms with Crippen LogP contribution in [-0.4, -0.2) is 38.4 Å². The van der Waals surface area contributed by atoms with E-state index in [1.165, 1.54) is 0 Å². The number of morpholine rings is 1. The van der Waals surface area contributed by atoms with Crippen molar-refractivity contribution < 1.29 is 13.9 Å². The van der Waals surface area contributed by atoms with Crippen LogP contribution in [0.3, 0.4) is 0 Å². The van der Waals surface area contributed by atoms with Crippen LogP contribution in [0.4, 0.5) is 5.88 Å². The predicted octanol–water partition coefficient (Wildman–Crippen LogP) is 2.56. The number of rotatable bonds is 4. The van der Waals surface area contributed by atoms with Crippen LogP contribution in [0.15, 0.2) is 28.7 Å². The molecule has 0 spiro atoms. The summed E-state index contributed by atoms with van der Waals surface area (Å²) in [7, 11) is 1.63. The standard InChI is InChI=1S/C17H17N3O3/c1-21-14-4-2-3-13(11-14)5-6-16-19-15(12-18)17(23-16)20-7-9-22-10-8-20/h2-6,11H,7-10H2,1H3/b6-5+. The Morgan fingerprint density at radius 1 is 1.30 bits per heavy atom. The number of oxazole rings is 1. The first-order valence-corrected chi connectivity index (χ1v) is 7.36. The quantitative estimate of drug-likeness (QED) is 0.864. The minimum atomic E-state index is 0.303. The third kappa shape index (κ3) is 3.52. The molecule has 0 N–H and O–H groups in total. The number of anilines is 1. The molecule has 1 aromatic carbocycles. The fourth-order valence-corrected chi connectivity index (χ4v) is 2.37. The molecule has 0 bridgehead atoms. The fourth-order valence-electron chi connectivity index (χ4n) is 2.37. The molecular formula is C17H17N3O3. The van der Waals surface area contributed by atoms with Crippen molar-refractivity contribution in [2.45, 2.75) is 0 Å². The molecule has 1 saturated heterocycles. The second-order valence-corrected chi connectivity index (χ2v) is 5.03. The molecule has 3 rings (SSSR count). The van der Waals surface area contributed by atoms with E-state index in [-0.39, 0.29) is 0 Å². The fraction of sp³-hybridized carbons (Fsp3) is 0.294. The Morgan fingerprint density at radius 3 is 2.87 bits per heavy atom. The maximum Gasteiger partial charge on any atom is 0.235 e. The monoisotopic (exact) mass is 311 g/mol. The largest absolute Gasteiger partial charge is 0.497 e. The number of benzene rings is 1. The van der Waals surface area contributed by atoms with Crippen LogP contribution in [-0.2, 0) is 4.74 Å². The summed E-state index contributed by atoms with van der Waals surface area (Å²) in [6, 6.07) is 9.75. The molecule has 118 valence electrons. The summed E-state index contributed by atoms with van der Waals surface area (Å²) in [6.07, 6.45) is 3.62. The van der Waals surface area contributed by atoms with E-state index in [9.17, 15) is 5.26 Å². The maximum atomic E-state index is 9.24. The number of nitrogens with zero attached hydrogens (tertiary/aromatic N) is 3. The first kappa shape index (κ1) is 15.1. The zero-order chi connectivity index (χ0) is 16.1. The lowest BCUT2D eigenvalue weighted by molar-refractivity contribution is 0.120. The Bertz CT molecular complexity index is 740. The minimum absolute atomic E-state index is 0.303. The van der Waals surface area contributed by atoms with E-state index in [2.05, 4.69) is 11.1 Å². The second-order valence-electron chi connectivity index (χ2n) is 5.03. The third-order valence-electron chi connectivity index (χ3n) is 3.54. The smallest absolute Gasteiger partial charge is 0.235 e. The van der Waals surface area contributed by atoms with Gasteiger partial charge in [0, 0.05) is 19.2 Å². The molecule has 0 saturated carbocycles. The van der Waals surface area contributed by atoms with Gasteiger partial charge in [0.05, 0.1) is 20.3 Å². The van der Waals surface area contributed by atoms with E-state index in [0.29, 0.717) is 43.8 Å². The molecule has 2 heterocycles. The molecule has 1 aliphatic rings. The molecule has 6 nitrogen and oxygen atoms in total. The molecule has 1 fully saturated rings. The van der Waals surface area contributed by atoms with Gasteiger partial charge in [0.2, 0.25) is 17.5 Å². The van der Waals surface area contributed by atoms with Crippen molar-refractivity contribution in [1.82, 2.24) is 4.98 Å². The normalized spacial score (nSPS) is 14.9. The summed E-state index contributed by atoms with van der Waals surface area (Å²) in [5.74, 6) is 1.71. The van der Waals surface area contributed by atoms with E-state index in [4.69, 9.17) is 13.9 Å². The zero-order valence-corrected chi connectivity index (χ0v) is 12.9. The lowest BCUT2D eigenvalue weighted by Crippen LogP contribution is -2.36. The Labute approximate surface area is 134 Å². The number of methoxy groups -OCH3 is 1. The Hall–Kier alpha value is -2.78. The van der Waals surface area contributed by atoms with Crippen LogP contribution in [0.25, 0.3) is 12.2 Å². The van der Waals surface area contributed by atoms with Gasteiger partial charge in [0.1, 0.15) is 11.8 Å². The minimum Gasteiger partial charge on any atom is -0.497 e. The van der Waals surface area contributed by atoms with Gasteiger partial charge >= 0.3 is 0 Å². The molecule has 0 atom stereocenters. The number of nitriles is 1. The van der Waals surface area contributed by atoms with Crippen LogP contribution in [0.2, 0.25) is 0 Å². The maximum absolute atomic E-state index is 9.24. The van der Waals surface area contributed by atoms with Gasteiger partial charge in [-0.2, -0.15) is 10.2 Å². The van der Waals surface area contributed by atoms with Gasteiger partial charge in [-0.1, -0.05) is 12.1 Å². The van der Waals surface area contributed by atoms with E-state index in [0.717, 1.165) is 11.3 Å². The SMILES string of the molecule is COc1cccc(/C=C/c2nc(C#N)c(N3CCOCC3)o2)c1. The summed E-state index contributed by atoms with van der Waals surface area (Å²) in [5, 5.41) is 9.24. The first-order chi connectivity index (χ1) is 11.3. The topological polar surface area (TPSA) is 71.5 Å². The number of hydrogen-bond acceptors (Lipinski definition) is 6. The van der Waals surface area contributed by atoms with Crippen LogP contribution < -0.4 is 9.64 Å². The summed E-state index contributed by atoms with van der Waals surface area (Å²) in [4.78, 5) is 6.22. The summed E-state index contributed by atoms with van der Waals surface area (Å²) >= 11 is 0. The van der Waals surface area contributed by atoms with Crippen LogP contribution in [0, 0.1) is 11.3 Å². The molecule has 1 aromatic heterocycles. The van der Waals surface area contributed by atoms with E-state index in [1.807, 2.05) is 35.2 Å².